The Morgan fingerprint density at radius 1 is 1.14 bits per heavy atom. The van der Waals surface area contributed by atoms with Crippen LogP contribution < -0.4 is 15.9 Å². The molecule has 0 unspecified atom stereocenters. The monoisotopic (exact) mass is 399 g/mol. The van der Waals surface area contributed by atoms with E-state index in [0.29, 0.717) is 17.7 Å². The lowest BCUT2D eigenvalue weighted by atomic mass is 10.0. The van der Waals surface area contributed by atoms with E-state index in [0.717, 1.165) is 6.42 Å². The number of esters is 2. The molecule has 8 nitrogen and oxygen atoms in total. The molecule has 2 N–H and O–H groups in total. The first-order chi connectivity index (χ1) is 13.8. The van der Waals surface area contributed by atoms with Crippen LogP contribution in [0.25, 0.3) is 22.3 Å². The van der Waals surface area contributed by atoms with E-state index in [1.54, 1.807) is 13.0 Å². The van der Waals surface area contributed by atoms with Crippen molar-refractivity contribution in [1.29, 1.82) is 0 Å². The van der Waals surface area contributed by atoms with Crippen LogP contribution >= 0.6 is 0 Å². The molecule has 0 aliphatic rings. The Labute approximate surface area is 166 Å². The molecule has 0 aliphatic carbocycles. The van der Waals surface area contributed by atoms with E-state index < -0.39 is 17.4 Å². The summed E-state index contributed by atoms with van der Waals surface area (Å²) in [6.07, 6.45) is 1.39. The van der Waals surface area contributed by atoms with Gasteiger partial charge in [0.1, 0.15) is 22.7 Å². The average molecular weight is 399 g/mol. The third-order valence-electron chi connectivity index (χ3n) is 4.20. The number of carbonyl (C=O) groups excluding carboxylic acids is 2. The van der Waals surface area contributed by atoms with Gasteiger partial charge in [-0.25, -0.2) is 4.79 Å². The maximum Gasteiger partial charge on any atom is 0.374 e. The number of ether oxygens (including phenoxy) is 2. The second-order valence-corrected chi connectivity index (χ2v) is 6.35. The van der Waals surface area contributed by atoms with Gasteiger partial charge in [0.2, 0.25) is 17.1 Å². The Bertz CT molecular complexity index is 1140. The van der Waals surface area contributed by atoms with Gasteiger partial charge in [0.15, 0.2) is 0 Å². The first-order valence-electron chi connectivity index (χ1n) is 9.20. The molecular formula is C21H21NO7. The number of nitrogens with two attached hydrogens (primary N) is 1. The molecule has 0 aliphatic heterocycles. The third-order valence-corrected chi connectivity index (χ3v) is 4.20. The number of hydrogen-bond acceptors (Lipinski definition) is 8. The lowest BCUT2D eigenvalue weighted by Gasteiger charge is -2.11. The summed E-state index contributed by atoms with van der Waals surface area (Å²) in [5, 5.41) is 0.266. The first-order valence-corrected chi connectivity index (χ1v) is 9.20. The molecule has 0 bridgehead atoms. The van der Waals surface area contributed by atoms with Gasteiger partial charge in [0.25, 0.3) is 0 Å². The molecule has 0 spiro atoms. The smallest absolute Gasteiger partial charge is 0.374 e. The molecule has 0 amide bonds. The Hall–Kier alpha value is -3.55. The van der Waals surface area contributed by atoms with Gasteiger partial charge >= 0.3 is 11.9 Å². The van der Waals surface area contributed by atoms with Crippen LogP contribution in [0.15, 0.2) is 37.9 Å². The van der Waals surface area contributed by atoms with Gasteiger partial charge in [-0.1, -0.05) is 13.3 Å². The van der Waals surface area contributed by atoms with E-state index in [2.05, 4.69) is 0 Å². The highest BCUT2D eigenvalue weighted by Crippen LogP contribution is 2.32. The number of furan rings is 1. The van der Waals surface area contributed by atoms with Gasteiger partial charge in [-0.2, -0.15) is 0 Å². The average Bonchev–Trinajstić information content (AvgIpc) is 3.12. The lowest BCUT2D eigenvalue weighted by Crippen LogP contribution is -2.10. The van der Waals surface area contributed by atoms with Crippen LogP contribution in [-0.4, -0.2) is 18.5 Å². The summed E-state index contributed by atoms with van der Waals surface area (Å²) in [6, 6.07) is 5.97. The third kappa shape index (κ3) is 4.01. The van der Waals surface area contributed by atoms with Crippen molar-refractivity contribution in [2.45, 2.75) is 33.6 Å². The van der Waals surface area contributed by atoms with Gasteiger partial charge < -0.3 is 24.0 Å². The largest absolute Gasteiger partial charge is 0.460 e. The molecule has 3 aromatic rings. The van der Waals surface area contributed by atoms with Crippen LogP contribution in [0, 0.1) is 0 Å². The number of rotatable bonds is 6. The van der Waals surface area contributed by atoms with Crippen molar-refractivity contribution in [1.82, 2.24) is 0 Å². The van der Waals surface area contributed by atoms with Crippen molar-refractivity contribution < 1.29 is 27.9 Å². The van der Waals surface area contributed by atoms with E-state index in [1.807, 2.05) is 6.92 Å². The van der Waals surface area contributed by atoms with Crippen LogP contribution in [-0.2, 0) is 16.0 Å². The summed E-state index contributed by atoms with van der Waals surface area (Å²) in [7, 11) is 0. The molecule has 2 heterocycles. The van der Waals surface area contributed by atoms with Crippen LogP contribution in [0.3, 0.4) is 0 Å². The van der Waals surface area contributed by atoms with E-state index >= 15 is 0 Å². The molecular weight excluding hydrogens is 378 g/mol. The summed E-state index contributed by atoms with van der Waals surface area (Å²) in [5.41, 5.74) is 6.44. The molecule has 3 rings (SSSR count). The van der Waals surface area contributed by atoms with Gasteiger partial charge in [0, 0.05) is 13.0 Å². The van der Waals surface area contributed by atoms with Crippen molar-refractivity contribution in [2.24, 2.45) is 0 Å². The van der Waals surface area contributed by atoms with E-state index in [1.165, 1.54) is 25.1 Å². The van der Waals surface area contributed by atoms with E-state index in [4.69, 9.17) is 24.0 Å². The standard InChI is InChI=1S/C21H21NO7/c1-4-6-12-9-13-17(10-16(12)27-11(3)23)29-20(22)18(19(13)24)14-7-8-15(28-14)21(25)26-5-2/h7-10H,4-6,22H2,1-3H3. The minimum Gasteiger partial charge on any atom is -0.460 e. The maximum atomic E-state index is 13.1. The molecule has 0 saturated heterocycles. The molecule has 0 saturated carbocycles. The quantitative estimate of drug-likeness (QED) is 0.492. The predicted octanol–water partition coefficient (Wildman–Crippen LogP) is 3.69. The minimum absolute atomic E-state index is 0.00994. The maximum absolute atomic E-state index is 13.1. The molecule has 29 heavy (non-hydrogen) atoms. The van der Waals surface area contributed by atoms with Crippen LogP contribution in [0.4, 0.5) is 5.88 Å². The summed E-state index contributed by atoms with van der Waals surface area (Å²) in [6.45, 7) is 5.14. The summed E-state index contributed by atoms with van der Waals surface area (Å²) in [4.78, 5) is 36.3. The highest BCUT2D eigenvalue weighted by molar-refractivity contribution is 5.90. The normalized spacial score (nSPS) is 10.9. The molecule has 0 fully saturated rings. The summed E-state index contributed by atoms with van der Waals surface area (Å²) < 4.78 is 21.2. The Balaban J connectivity index is 2.16. The van der Waals surface area contributed by atoms with E-state index in [9.17, 15) is 14.4 Å². The SMILES string of the molecule is CCCc1cc2c(=O)c(-c3ccc(C(=O)OCC)o3)c(N)oc2cc1OC(C)=O. The van der Waals surface area contributed by atoms with Crippen molar-refractivity contribution in [3.05, 3.63) is 45.8 Å². The number of hydrogen-bond donors (Lipinski definition) is 1. The van der Waals surface area contributed by atoms with Crippen LogP contribution in [0.5, 0.6) is 5.75 Å². The first kappa shape index (κ1) is 20.2. The van der Waals surface area contributed by atoms with Crippen LogP contribution in [0.2, 0.25) is 0 Å². The van der Waals surface area contributed by atoms with Crippen molar-refractivity contribution in [3.63, 3.8) is 0 Å². The molecule has 0 atom stereocenters. The fourth-order valence-corrected chi connectivity index (χ4v) is 3.02. The second-order valence-electron chi connectivity index (χ2n) is 6.35. The minimum atomic E-state index is -0.640. The van der Waals surface area contributed by atoms with Crippen molar-refractivity contribution in [3.8, 4) is 17.1 Å². The number of aryl methyl sites for hydroxylation is 1. The Morgan fingerprint density at radius 2 is 1.90 bits per heavy atom. The van der Waals surface area contributed by atoms with Gasteiger partial charge in [0.05, 0.1) is 12.0 Å². The van der Waals surface area contributed by atoms with Crippen LogP contribution in [0.1, 0.15) is 43.3 Å². The lowest BCUT2D eigenvalue weighted by molar-refractivity contribution is -0.131. The zero-order valence-electron chi connectivity index (χ0n) is 16.4. The number of fused-ring (bicyclic) bond motifs is 1. The van der Waals surface area contributed by atoms with Crippen molar-refractivity contribution >= 4 is 28.8 Å². The van der Waals surface area contributed by atoms with E-state index in [-0.39, 0.29) is 40.5 Å². The van der Waals surface area contributed by atoms with Gasteiger partial charge in [-0.15, -0.1) is 0 Å². The van der Waals surface area contributed by atoms with Crippen molar-refractivity contribution in [2.75, 3.05) is 12.3 Å². The van der Waals surface area contributed by atoms with Gasteiger partial charge in [-0.05, 0) is 37.1 Å². The Kier molecular flexibility index (Phi) is 5.72. The second kappa shape index (κ2) is 8.22. The number of carbonyl (C=O) groups is 2. The summed E-state index contributed by atoms with van der Waals surface area (Å²) >= 11 is 0. The zero-order chi connectivity index (χ0) is 21.1. The summed E-state index contributed by atoms with van der Waals surface area (Å²) in [5.74, 6) is -0.913. The predicted molar refractivity (Wildman–Crippen MR) is 106 cm³/mol. The number of anilines is 1. The fraction of sp³-hybridized carbons (Fsp3) is 0.286. The zero-order valence-corrected chi connectivity index (χ0v) is 16.4. The highest BCUT2D eigenvalue weighted by Gasteiger charge is 2.21. The number of benzene rings is 1. The molecule has 152 valence electrons. The molecule has 8 heteroatoms. The molecule has 1 aromatic carbocycles. The molecule has 0 radical (unpaired) electrons. The fourth-order valence-electron chi connectivity index (χ4n) is 3.02. The molecule has 2 aromatic heterocycles. The number of nitrogen functional groups attached to an aromatic ring is 1. The topological polar surface area (TPSA) is 122 Å². The Morgan fingerprint density at radius 3 is 2.55 bits per heavy atom. The highest BCUT2D eigenvalue weighted by atomic mass is 16.5. The van der Waals surface area contributed by atoms with Gasteiger partial charge in [-0.3, -0.25) is 9.59 Å².